The Hall–Kier alpha value is -2.05. The van der Waals surface area contributed by atoms with Crippen molar-refractivity contribution in [3.05, 3.63) is 17.8 Å². The van der Waals surface area contributed by atoms with Crippen molar-refractivity contribution in [3.8, 4) is 0 Å². The number of ether oxygens (including phenoxy) is 1. The lowest BCUT2D eigenvalue weighted by atomic mass is 10.2. The molecule has 0 radical (unpaired) electrons. The largest absolute Gasteiger partial charge is 0.474 e. The number of nitrogens with one attached hydrogen (secondary N) is 1. The highest BCUT2D eigenvalue weighted by molar-refractivity contribution is 5.82. The molecule has 0 atom stereocenters. The molecule has 0 spiro atoms. The maximum Gasteiger partial charge on any atom is 0.407 e. The van der Waals surface area contributed by atoms with Crippen LogP contribution in [-0.4, -0.2) is 27.8 Å². The van der Waals surface area contributed by atoms with Crippen LogP contribution < -0.4 is 5.32 Å². The first kappa shape index (κ1) is 13.0. The molecule has 1 heterocycles. The summed E-state index contributed by atoms with van der Waals surface area (Å²) in [5, 5.41) is 11.0. The fraction of sp³-hybridized carbons (Fsp3) is 0.500. The van der Waals surface area contributed by atoms with E-state index in [4.69, 9.17) is 9.84 Å². The van der Waals surface area contributed by atoms with Gasteiger partial charge >= 0.3 is 18.0 Å². The molecule has 7 nitrogen and oxygen atoms in total. The SMILES string of the molecule is CC(C)(C)OC(=O)NCc1coc(C(=O)O)n1. The van der Waals surface area contributed by atoms with Crippen molar-refractivity contribution in [3.63, 3.8) is 0 Å². The lowest BCUT2D eigenvalue weighted by molar-refractivity contribution is 0.0522. The summed E-state index contributed by atoms with van der Waals surface area (Å²) in [5.41, 5.74) is -0.270. The number of carboxylic acids is 1. The van der Waals surface area contributed by atoms with Crippen LogP contribution in [0.25, 0.3) is 0 Å². The second-order valence-corrected chi connectivity index (χ2v) is 4.30. The van der Waals surface area contributed by atoms with E-state index in [1.54, 1.807) is 20.8 Å². The van der Waals surface area contributed by atoms with Gasteiger partial charge in [-0.3, -0.25) is 0 Å². The van der Waals surface area contributed by atoms with Crippen LogP contribution in [0, 0.1) is 0 Å². The maximum atomic E-state index is 11.3. The highest BCUT2D eigenvalue weighted by Gasteiger charge is 2.17. The number of nitrogens with zero attached hydrogens (tertiary/aromatic N) is 1. The zero-order valence-electron chi connectivity index (χ0n) is 9.81. The fourth-order valence-corrected chi connectivity index (χ4v) is 0.963. The number of carboxylic acid groups (broad SMARTS) is 1. The first-order chi connectivity index (χ1) is 7.78. The van der Waals surface area contributed by atoms with Gasteiger partial charge in [-0.25, -0.2) is 14.6 Å². The number of oxazole rings is 1. The van der Waals surface area contributed by atoms with E-state index in [1.165, 1.54) is 6.26 Å². The van der Waals surface area contributed by atoms with Gasteiger partial charge in [-0.2, -0.15) is 0 Å². The van der Waals surface area contributed by atoms with Crippen LogP contribution in [-0.2, 0) is 11.3 Å². The summed E-state index contributed by atoms with van der Waals surface area (Å²) >= 11 is 0. The second-order valence-electron chi connectivity index (χ2n) is 4.30. The Labute approximate surface area is 97.8 Å². The minimum absolute atomic E-state index is 0.0473. The van der Waals surface area contributed by atoms with Gasteiger partial charge in [0.2, 0.25) is 0 Å². The van der Waals surface area contributed by atoms with Crippen molar-refractivity contribution in [1.29, 1.82) is 0 Å². The van der Waals surface area contributed by atoms with Gasteiger partial charge in [0.25, 0.3) is 0 Å². The Morgan fingerprint density at radius 1 is 1.53 bits per heavy atom. The minimum atomic E-state index is -1.26. The number of hydrogen-bond donors (Lipinski definition) is 2. The molecule has 1 rings (SSSR count). The maximum absolute atomic E-state index is 11.3. The summed E-state index contributed by atoms with van der Waals surface area (Å²) in [4.78, 5) is 25.4. The monoisotopic (exact) mass is 242 g/mol. The van der Waals surface area contributed by atoms with Gasteiger partial charge in [0.15, 0.2) is 0 Å². The molecular formula is C10H14N2O5. The average molecular weight is 242 g/mol. The number of aromatic nitrogens is 1. The molecule has 0 saturated heterocycles. The molecule has 94 valence electrons. The van der Waals surface area contributed by atoms with Crippen LogP contribution in [0.4, 0.5) is 4.79 Å². The molecule has 0 saturated carbocycles. The molecule has 1 amide bonds. The van der Waals surface area contributed by atoms with E-state index in [0.29, 0.717) is 5.69 Å². The third-order valence-corrected chi connectivity index (χ3v) is 1.55. The molecule has 0 bridgehead atoms. The van der Waals surface area contributed by atoms with E-state index in [9.17, 15) is 9.59 Å². The van der Waals surface area contributed by atoms with Crippen molar-refractivity contribution in [2.24, 2.45) is 0 Å². The number of rotatable bonds is 3. The van der Waals surface area contributed by atoms with Crippen LogP contribution in [0.2, 0.25) is 0 Å². The lowest BCUT2D eigenvalue weighted by Gasteiger charge is -2.19. The predicted molar refractivity (Wildman–Crippen MR) is 56.5 cm³/mol. The van der Waals surface area contributed by atoms with Crippen LogP contribution in [0.5, 0.6) is 0 Å². The highest BCUT2D eigenvalue weighted by Crippen LogP contribution is 2.07. The molecule has 17 heavy (non-hydrogen) atoms. The van der Waals surface area contributed by atoms with Gasteiger partial charge < -0.3 is 19.6 Å². The normalized spacial score (nSPS) is 11.0. The van der Waals surface area contributed by atoms with E-state index in [2.05, 4.69) is 14.7 Å². The van der Waals surface area contributed by atoms with Gasteiger partial charge in [0.1, 0.15) is 11.9 Å². The summed E-state index contributed by atoms with van der Waals surface area (Å²) in [6.45, 7) is 5.27. The number of aromatic carboxylic acids is 1. The molecule has 0 aliphatic carbocycles. The van der Waals surface area contributed by atoms with Crippen LogP contribution in [0.3, 0.4) is 0 Å². The third kappa shape index (κ3) is 4.54. The molecule has 0 aliphatic heterocycles. The highest BCUT2D eigenvalue weighted by atomic mass is 16.6. The number of carbonyl (C=O) groups is 2. The molecule has 0 aromatic carbocycles. The summed E-state index contributed by atoms with van der Waals surface area (Å²) < 4.78 is 9.65. The summed E-state index contributed by atoms with van der Waals surface area (Å²) in [6, 6.07) is 0. The molecule has 0 unspecified atom stereocenters. The van der Waals surface area contributed by atoms with E-state index in [0.717, 1.165) is 0 Å². The quantitative estimate of drug-likeness (QED) is 0.830. The smallest absolute Gasteiger partial charge is 0.407 e. The van der Waals surface area contributed by atoms with E-state index < -0.39 is 23.6 Å². The van der Waals surface area contributed by atoms with Crippen LogP contribution in [0.1, 0.15) is 37.2 Å². The Bertz CT molecular complexity index is 419. The van der Waals surface area contributed by atoms with Crippen molar-refractivity contribution in [1.82, 2.24) is 10.3 Å². The Morgan fingerprint density at radius 3 is 2.65 bits per heavy atom. The number of carbonyl (C=O) groups excluding carboxylic acids is 1. The summed E-state index contributed by atoms with van der Waals surface area (Å²) in [6.07, 6.45) is 0.568. The number of alkyl carbamates (subject to hydrolysis) is 1. The molecular weight excluding hydrogens is 228 g/mol. The topological polar surface area (TPSA) is 102 Å². The third-order valence-electron chi connectivity index (χ3n) is 1.55. The van der Waals surface area contributed by atoms with Gasteiger partial charge in [-0.1, -0.05) is 0 Å². The number of hydrogen-bond acceptors (Lipinski definition) is 5. The molecule has 7 heteroatoms. The molecule has 2 N–H and O–H groups in total. The van der Waals surface area contributed by atoms with Crippen molar-refractivity contribution in [2.75, 3.05) is 0 Å². The predicted octanol–water partition coefficient (Wildman–Crippen LogP) is 1.40. The van der Waals surface area contributed by atoms with E-state index in [1.807, 2.05) is 0 Å². The minimum Gasteiger partial charge on any atom is -0.474 e. The van der Waals surface area contributed by atoms with E-state index in [-0.39, 0.29) is 6.54 Å². The Balaban J connectivity index is 2.45. The summed E-state index contributed by atoms with van der Waals surface area (Å²) in [7, 11) is 0. The summed E-state index contributed by atoms with van der Waals surface area (Å²) in [5.74, 6) is -1.67. The average Bonchev–Trinajstić information content (AvgIpc) is 2.60. The molecule has 0 fully saturated rings. The van der Waals surface area contributed by atoms with Crippen molar-refractivity contribution < 1.29 is 23.8 Å². The van der Waals surface area contributed by atoms with Crippen molar-refractivity contribution in [2.45, 2.75) is 32.9 Å². The van der Waals surface area contributed by atoms with Crippen molar-refractivity contribution >= 4 is 12.1 Å². The number of amides is 1. The lowest BCUT2D eigenvalue weighted by Crippen LogP contribution is -2.32. The zero-order chi connectivity index (χ0) is 13.1. The second kappa shape index (κ2) is 4.86. The molecule has 1 aromatic heterocycles. The molecule has 0 aliphatic rings. The van der Waals surface area contributed by atoms with Gasteiger partial charge in [0.05, 0.1) is 12.2 Å². The van der Waals surface area contributed by atoms with Gasteiger partial charge in [-0.05, 0) is 20.8 Å². The zero-order valence-corrected chi connectivity index (χ0v) is 9.81. The molecule has 1 aromatic rings. The first-order valence-electron chi connectivity index (χ1n) is 4.92. The first-order valence-corrected chi connectivity index (χ1v) is 4.92. The van der Waals surface area contributed by atoms with Crippen LogP contribution >= 0.6 is 0 Å². The Kier molecular flexibility index (Phi) is 3.72. The van der Waals surface area contributed by atoms with Crippen LogP contribution in [0.15, 0.2) is 10.7 Å². The fourth-order valence-electron chi connectivity index (χ4n) is 0.963. The Morgan fingerprint density at radius 2 is 2.18 bits per heavy atom. The standard InChI is InChI=1S/C10H14N2O5/c1-10(2,3)17-9(15)11-4-6-5-16-7(12-6)8(13)14/h5H,4H2,1-3H3,(H,11,15)(H,13,14). The van der Waals surface area contributed by atoms with E-state index >= 15 is 0 Å². The van der Waals surface area contributed by atoms with Gasteiger partial charge in [-0.15, -0.1) is 0 Å². The van der Waals surface area contributed by atoms with Gasteiger partial charge in [0, 0.05) is 0 Å².